The number of methoxy groups -OCH3 is 1. The molecule has 0 bridgehead atoms. The Morgan fingerprint density at radius 3 is 2.47 bits per heavy atom. The van der Waals surface area contributed by atoms with Crippen LogP contribution < -0.4 is 14.4 Å². The molecule has 0 aliphatic heterocycles. The molecule has 6 nitrogen and oxygen atoms in total. The van der Waals surface area contributed by atoms with Crippen molar-refractivity contribution in [1.82, 2.24) is 9.88 Å². The Labute approximate surface area is 191 Å². The van der Waals surface area contributed by atoms with Gasteiger partial charge in [0.15, 0.2) is 11.7 Å². The number of fused-ring (bicyclic) bond motifs is 1. The van der Waals surface area contributed by atoms with Crippen molar-refractivity contribution in [3.8, 4) is 11.5 Å². The molecule has 162 valence electrons. The molecule has 1 aromatic heterocycles. The zero-order valence-electron chi connectivity index (χ0n) is 17.3. The van der Waals surface area contributed by atoms with Gasteiger partial charge in [-0.05, 0) is 56.9 Å². The molecule has 3 aromatic rings. The zero-order chi connectivity index (χ0) is 21.0. The molecule has 0 fully saturated rings. The van der Waals surface area contributed by atoms with Crippen LogP contribution in [0, 0.1) is 6.92 Å². The molecular formula is C21H25Cl2N3O3S. The molecule has 1 heterocycles. The monoisotopic (exact) mass is 469 g/mol. The van der Waals surface area contributed by atoms with E-state index in [0.29, 0.717) is 34.7 Å². The minimum Gasteiger partial charge on any atom is -0.494 e. The molecule has 0 saturated heterocycles. The Hall–Kier alpha value is -2.06. The summed E-state index contributed by atoms with van der Waals surface area (Å²) < 4.78 is 12.1. The molecule has 0 atom stereocenters. The van der Waals surface area contributed by atoms with E-state index in [1.807, 2.05) is 38.1 Å². The number of nitrogens with zero attached hydrogens (tertiary/aromatic N) is 3. The number of anilines is 1. The number of hydrogen-bond acceptors (Lipinski definition) is 6. The van der Waals surface area contributed by atoms with E-state index in [1.54, 1.807) is 36.3 Å². The number of likely N-dealkylation sites (N-methyl/N-ethyl adjacent to an activating group) is 1. The Kier molecular flexibility index (Phi) is 8.73. The number of halogens is 2. The summed E-state index contributed by atoms with van der Waals surface area (Å²) in [5.74, 6) is 1.14. The molecule has 30 heavy (non-hydrogen) atoms. The Balaban J connectivity index is 0.00000320. The van der Waals surface area contributed by atoms with E-state index < -0.39 is 0 Å². The first-order chi connectivity index (χ1) is 13.9. The Morgan fingerprint density at radius 2 is 1.83 bits per heavy atom. The van der Waals surface area contributed by atoms with Crippen LogP contribution in [0.4, 0.5) is 5.13 Å². The Morgan fingerprint density at radius 1 is 1.13 bits per heavy atom. The summed E-state index contributed by atoms with van der Waals surface area (Å²) in [6.45, 7) is 3.16. The second-order valence-electron chi connectivity index (χ2n) is 6.85. The number of benzene rings is 2. The highest BCUT2D eigenvalue weighted by Gasteiger charge is 2.22. The molecule has 0 spiro atoms. The number of carbonyl (C=O) groups is 1. The molecular weight excluding hydrogens is 445 g/mol. The van der Waals surface area contributed by atoms with Crippen LogP contribution in [0.2, 0.25) is 5.02 Å². The van der Waals surface area contributed by atoms with Gasteiger partial charge in [0, 0.05) is 18.1 Å². The first-order valence-corrected chi connectivity index (χ1v) is 10.4. The lowest BCUT2D eigenvalue weighted by Crippen LogP contribution is -2.39. The minimum atomic E-state index is -0.155. The molecule has 0 radical (unpaired) electrons. The van der Waals surface area contributed by atoms with Crippen LogP contribution in [0.5, 0.6) is 11.5 Å². The highest BCUT2D eigenvalue weighted by molar-refractivity contribution is 7.22. The molecule has 0 aliphatic carbocycles. The lowest BCUT2D eigenvalue weighted by atomic mass is 10.2. The third-order valence-corrected chi connectivity index (χ3v) is 5.86. The average molecular weight is 470 g/mol. The number of thiazole rings is 1. The predicted molar refractivity (Wildman–Crippen MR) is 126 cm³/mol. The van der Waals surface area contributed by atoms with Crippen molar-refractivity contribution in [2.75, 3.05) is 45.8 Å². The maximum Gasteiger partial charge on any atom is 0.266 e. The van der Waals surface area contributed by atoms with Gasteiger partial charge in [-0.25, -0.2) is 4.98 Å². The third-order valence-electron chi connectivity index (χ3n) is 4.39. The van der Waals surface area contributed by atoms with Gasteiger partial charge >= 0.3 is 0 Å². The number of carbonyl (C=O) groups excluding carboxylic acids is 1. The van der Waals surface area contributed by atoms with Gasteiger partial charge in [0.05, 0.1) is 11.8 Å². The summed E-state index contributed by atoms with van der Waals surface area (Å²) in [4.78, 5) is 21.4. The van der Waals surface area contributed by atoms with Crippen LogP contribution in [0.25, 0.3) is 10.2 Å². The molecule has 9 heteroatoms. The van der Waals surface area contributed by atoms with Crippen molar-refractivity contribution in [3.05, 3.63) is 47.0 Å². The maximum atomic E-state index is 13.0. The van der Waals surface area contributed by atoms with E-state index in [2.05, 4.69) is 0 Å². The van der Waals surface area contributed by atoms with Crippen molar-refractivity contribution in [3.63, 3.8) is 0 Å². The quantitative estimate of drug-likeness (QED) is 0.479. The summed E-state index contributed by atoms with van der Waals surface area (Å²) in [5, 5.41) is 1.26. The lowest BCUT2D eigenvalue weighted by Gasteiger charge is -2.22. The van der Waals surface area contributed by atoms with Gasteiger partial charge < -0.3 is 14.4 Å². The van der Waals surface area contributed by atoms with Crippen LogP contribution >= 0.6 is 35.3 Å². The molecule has 0 unspecified atom stereocenters. The molecule has 3 rings (SSSR count). The number of rotatable bonds is 8. The van der Waals surface area contributed by atoms with Crippen molar-refractivity contribution < 1.29 is 14.3 Å². The van der Waals surface area contributed by atoms with Gasteiger partial charge in [0.1, 0.15) is 17.0 Å². The van der Waals surface area contributed by atoms with Crippen molar-refractivity contribution in [1.29, 1.82) is 0 Å². The SMILES string of the molecule is COc1ccc(C)c2sc(N(CCN(C)C)C(=O)COc3ccc(Cl)cc3)nc12.Cl. The van der Waals surface area contributed by atoms with Crippen LogP contribution in [-0.4, -0.2) is 56.7 Å². The number of amides is 1. The molecule has 0 aliphatic rings. The van der Waals surface area contributed by atoms with E-state index in [9.17, 15) is 4.79 Å². The standard InChI is InChI=1S/C21H24ClN3O3S.ClH/c1-14-5-10-17(27-4)19-20(14)29-21(23-19)25(12-11-24(2)3)18(26)13-28-16-8-6-15(22)7-9-16;/h5-10H,11-13H2,1-4H3;1H. The first kappa shape index (κ1) is 24.2. The van der Waals surface area contributed by atoms with Gasteiger partial charge in [-0.15, -0.1) is 12.4 Å². The maximum absolute atomic E-state index is 13.0. The summed E-state index contributed by atoms with van der Waals surface area (Å²) in [7, 11) is 5.56. The predicted octanol–water partition coefficient (Wildman–Crippen LogP) is 4.66. The van der Waals surface area contributed by atoms with Gasteiger partial charge in [-0.3, -0.25) is 9.69 Å². The first-order valence-electron chi connectivity index (χ1n) is 9.16. The van der Waals surface area contributed by atoms with Crippen molar-refractivity contribution >= 4 is 56.6 Å². The van der Waals surface area contributed by atoms with Crippen LogP contribution in [0.1, 0.15) is 5.56 Å². The van der Waals surface area contributed by atoms with Crippen LogP contribution in [-0.2, 0) is 4.79 Å². The van der Waals surface area contributed by atoms with Gasteiger partial charge in [-0.2, -0.15) is 0 Å². The van der Waals surface area contributed by atoms with E-state index in [-0.39, 0.29) is 24.9 Å². The van der Waals surface area contributed by atoms with E-state index in [1.165, 1.54) is 11.3 Å². The Bertz CT molecular complexity index is 993. The number of ether oxygens (including phenoxy) is 2. The van der Waals surface area contributed by atoms with Crippen molar-refractivity contribution in [2.24, 2.45) is 0 Å². The van der Waals surface area contributed by atoms with Crippen LogP contribution in [0.15, 0.2) is 36.4 Å². The largest absolute Gasteiger partial charge is 0.494 e. The summed E-state index contributed by atoms with van der Waals surface area (Å²) in [6, 6.07) is 10.8. The summed E-state index contributed by atoms with van der Waals surface area (Å²) in [5.41, 5.74) is 1.87. The van der Waals surface area contributed by atoms with E-state index in [4.69, 9.17) is 26.1 Å². The molecule has 2 aromatic carbocycles. The molecule has 0 N–H and O–H groups in total. The second-order valence-corrected chi connectivity index (χ2v) is 8.26. The zero-order valence-corrected chi connectivity index (χ0v) is 19.7. The lowest BCUT2D eigenvalue weighted by molar-refractivity contribution is -0.120. The highest BCUT2D eigenvalue weighted by atomic mass is 35.5. The smallest absolute Gasteiger partial charge is 0.266 e. The fraction of sp³-hybridized carbons (Fsp3) is 0.333. The summed E-state index contributed by atoms with van der Waals surface area (Å²) in [6.07, 6.45) is 0. The second kappa shape index (κ2) is 10.8. The van der Waals surface area contributed by atoms with Gasteiger partial charge in [0.2, 0.25) is 0 Å². The highest BCUT2D eigenvalue weighted by Crippen LogP contribution is 2.36. The van der Waals surface area contributed by atoms with E-state index in [0.717, 1.165) is 15.8 Å². The average Bonchev–Trinajstić information content (AvgIpc) is 3.14. The fourth-order valence-electron chi connectivity index (χ4n) is 2.76. The van der Waals surface area contributed by atoms with Gasteiger partial charge in [-0.1, -0.05) is 29.0 Å². The van der Waals surface area contributed by atoms with Crippen LogP contribution in [0.3, 0.4) is 0 Å². The van der Waals surface area contributed by atoms with E-state index >= 15 is 0 Å². The summed E-state index contributed by atoms with van der Waals surface area (Å²) >= 11 is 7.39. The fourth-order valence-corrected chi connectivity index (χ4v) is 3.98. The number of aromatic nitrogens is 1. The minimum absolute atomic E-state index is 0. The number of aryl methyl sites for hydroxylation is 1. The normalized spacial score (nSPS) is 10.7. The topological polar surface area (TPSA) is 54.9 Å². The van der Waals surface area contributed by atoms with Gasteiger partial charge in [0.25, 0.3) is 5.91 Å². The molecule has 0 saturated carbocycles. The molecule has 1 amide bonds. The number of hydrogen-bond donors (Lipinski definition) is 0. The van der Waals surface area contributed by atoms with Crippen molar-refractivity contribution in [2.45, 2.75) is 6.92 Å². The third kappa shape index (κ3) is 5.76.